The van der Waals surface area contributed by atoms with Crippen molar-refractivity contribution in [2.24, 2.45) is 0 Å². The Bertz CT molecular complexity index is 59.7. The number of rotatable bonds is 4. The first kappa shape index (κ1) is 12.7. The number of unbranched alkanes of at least 4 members (excludes halogenated alkanes) is 1. The zero-order valence-electron chi connectivity index (χ0n) is 5.98. The Kier molecular flexibility index (Phi) is 20.4. The van der Waals surface area contributed by atoms with Crippen LogP contribution in [0.2, 0.25) is 0 Å². The smallest absolute Gasteiger partial charge is 0.293 e. The number of carbonyl (C=O) groups excluding carboxylic acids is 1. The van der Waals surface area contributed by atoms with Crippen molar-refractivity contribution in [1.82, 2.24) is 0 Å². The van der Waals surface area contributed by atoms with Crippen molar-refractivity contribution in [1.29, 1.82) is 0 Å². The van der Waals surface area contributed by atoms with Gasteiger partial charge in [-0.25, -0.2) is 0 Å². The summed E-state index contributed by atoms with van der Waals surface area (Å²) in [4.78, 5) is 9.46. The molecule has 0 spiro atoms. The van der Waals surface area contributed by atoms with Crippen LogP contribution in [-0.4, -0.2) is 18.4 Å². The van der Waals surface area contributed by atoms with Gasteiger partial charge in [-0.05, 0) is 6.42 Å². The van der Waals surface area contributed by atoms with Crippen molar-refractivity contribution < 1.29 is 9.53 Å². The van der Waals surface area contributed by atoms with Gasteiger partial charge in [0.2, 0.25) is 0 Å². The minimum atomic E-state index is 0.194. The van der Waals surface area contributed by atoms with E-state index in [1.165, 1.54) is 0 Å². The molecule has 0 aliphatic heterocycles. The van der Waals surface area contributed by atoms with Gasteiger partial charge >= 0.3 is 0 Å². The van der Waals surface area contributed by atoms with Crippen LogP contribution < -0.4 is 0 Å². The molecular formula is C6H12Cl2O2. The number of alkyl halides is 2. The summed E-state index contributed by atoms with van der Waals surface area (Å²) in [5.41, 5.74) is 0. The second kappa shape index (κ2) is 16.0. The highest BCUT2D eigenvalue weighted by atomic mass is 35.5. The summed E-state index contributed by atoms with van der Waals surface area (Å²) in [5.74, 6) is 0. The van der Waals surface area contributed by atoms with Crippen LogP contribution in [0.3, 0.4) is 0 Å². The SMILES string of the molecule is CCCCOC=O.ClCCl. The monoisotopic (exact) mass is 186 g/mol. The first-order valence-electron chi connectivity index (χ1n) is 3.00. The van der Waals surface area contributed by atoms with Crippen LogP contribution in [-0.2, 0) is 9.53 Å². The molecule has 0 atom stereocenters. The van der Waals surface area contributed by atoms with Gasteiger partial charge in [-0.3, -0.25) is 4.79 Å². The highest BCUT2D eigenvalue weighted by Crippen LogP contribution is 1.83. The molecule has 0 aliphatic rings. The van der Waals surface area contributed by atoms with E-state index in [1.54, 1.807) is 0 Å². The molecule has 0 aliphatic carbocycles. The van der Waals surface area contributed by atoms with Crippen molar-refractivity contribution in [3.63, 3.8) is 0 Å². The highest BCUT2D eigenvalue weighted by molar-refractivity contribution is 6.40. The zero-order chi connectivity index (χ0) is 8.24. The number of hydrogen-bond acceptors (Lipinski definition) is 2. The topological polar surface area (TPSA) is 26.3 Å². The fourth-order valence-corrected chi connectivity index (χ4v) is 0.276. The Balaban J connectivity index is 0. The van der Waals surface area contributed by atoms with Crippen molar-refractivity contribution in [3.8, 4) is 0 Å². The fourth-order valence-electron chi connectivity index (χ4n) is 0.276. The number of ether oxygens (including phenoxy) is 1. The van der Waals surface area contributed by atoms with E-state index >= 15 is 0 Å². The Hall–Kier alpha value is 0.0500. The Morgan fingerprint density at radius 2 is 2.00 bits per heavy atom. The minimum Gasteiger partial charge on any atom is -0.468 e. The zero-order valence-corrected chi connectivity index (χ0v) is 7.49. The molecule has 2 nitrogen and oxygen atoms in total. The molecule has 0 rings (SSSR count). The van der Waals surface area contributed by atoms with Gasteiger partial charge in [0, 0.05) is 0 Å². The molecule has 0 saturated carbocycles. The van der Waals surface area contributed by atoms with Crippen molar-refractivity contribution in [3.05, 3.63) is 0 Å². The summed E-state index contributed by atoms with van der Waals surface area (Å²) in [7, 11) is 0. The van der Waals surface area contributed by atoms with E-state index in [2.05, 4.69) is 4.74 Å². The van der Waals surface area contributed by atoms with E-state index in [0.717, 1.165) is 12.8 Å². The van der Waals surface area contributed by atoms with E-state index in [4.69, 9.17) is 23.2 Å². The standard InChI is InChI=1S/C5H10O2.CH2Cl2/c1-2-3-4-7-5-6;2-1-3/h5H,2-4H2,1H3;1H2. The van der Waals surface area contributed by atoms with Crippen LogP contribution in [0.15, 0.2) is 0 Å². The molecule has 0 aromatic heterocycles. The average molecular weight is 187 g/mol. The first-order valence-corrected chi connectivity index (χ1v) is 4.07. The summed E-state index contributed by atoms with van der Waals surface area (Å²) in [5, 5.41) is 0.194. The number of hydrogen-bond donors (Lipinski definition) is 0. The van der Waals surface area contributed by atoms with Gasteiger partial charge < -0.3 is 4.74 Å². The molecule has 0 aromatic carbocycles. The van der Waals surface area contributed by atoms with E-state index in [0.29, 0.717) is 13.1 Å². The van der Waals surface area contributed by atoms with Gasteiger partial charge in [0.05, 0.1) is 11.9 Å². The molecule has 0 bridgehead atoms. The lowest BCUT2D eigenvalue weighted by atomic mass is 10.4. The Morgan fingerprint density at radius 3 is 2.30 bits per heavy atom. The number of carbonyl (C=O) groups is 1. The number of halogens is 2. The normalized spacial score (nSPS) is 7.50. The molecule has 0 heterocycles. The molecule has 0 fully saturated rings. The lowest BCUT2D eigenvalue weighted by molar-refractivity contribution is -0.128. The summed E-state index contributed by atoms with van der Waals surface area (Å²) in [6.45, 7) is 3.10. The lowest BCUT2D eigenvalue weighted by Crippen LogP contribution is -1.88. The highest BCUT2D eigenvalue weighted by Gasteiger charge is 1.78. The molecule has 62 valence electrons. The van der Waals surface area contributed by atoms with Crippen LogP contribution in [0.4, 0.5) is 0 Å². The van der Waals surface area contributed by atoms with Gasteiger partial charge in [-0.1, -0.05) is 13.3 Å². The van der Waals surface area contributed by atoms with E-state index in [9.17, 15) is 4.79 Å². The van der Waals surface area contributed by atoms with Crippen molar-refractivity contribution >= 4 is 29.7 Å². The van der Waals surface area contributed by atoms with Crippen molar-refractivity contribution in [2.45, 2.75) is 19.8 Å². The molecule has 0 radical (unpaired) electrons. The van der Waals surface area contributed by atoms with Crippen LogP contribution in [0.1, 0.15) is 19.8 Å². The maximum absolute atomic E-state index is 9.46. The maximum atomic E-state index is 9.46. The first-order chi connectivity index (χ1) is 4.83. The second-order valence-electron chi connectivity index (χ2n) is 1.42. The molecule has 4 heteroatoms. The third-order valence-corrected chi connectivity index (χ3v) is 0.684. The summed E-state index contributed by atoms with van der Waals surface area (Å²) < 4.78 is 4.39. The molecule has 0 amide bonds. The second-order valence-corrected chi connectivity index (χ2v) is 2.23. The van der Waals surface area contributed by atoms with Gasteiger partial charge in [0.1, 0.15) is 0 Å². The largest absolute Gasteiger partial charge is 0.468 e. The van der Waals surface area contributed by atoms with E-state index in [-0.39, 0.29) is 5.34 Å². The summed E-state index contributed by atoms with van der Waals surface area (Å²) in [6, 6.07) is 0. The fraction of sp³-hybridized carbons (Fsp3) is 0.833. The molecule has 0 aromatic rings. The van der Waals surface area contributed by atoms with Crippen molar-refractivity contribution in [2.75, 3.05) is 11.9 Å². The predicted molar refractivity (Wildman–Crippen MR) is 43.5 cm³/mol. The molecular weight excluding hydrogens is 175 g/mol. The van der Waals surface area contributed by atoms with Gasteiger partial charge in [0.25, 0.3) is 6.47 Å². The molecule has 0 N–H and O–H groups in total. The molecule has 0 unspecified atom stereocenters. The summed E-state index contributed by atoms with van der Waals surface area (Å²) in [6.07, 6.45) is 2.05. The lowest BCUT2D eigenvalue weighted by Gasteiger charge is -1.90. The van der Waals surface area contributed by atoms with Crippen LogP contribution in [0.5, 0.6) is 0 Å². The van der Waals surface area contributed by atoms with Gasteiger partial charge in [-0.15, -0.1) is 23.2 Å². The van der Waals surface area contributed by atoms with Gasteiger partial charge in [-0.2, -0.15) is 0 Å². The Morgan fingerprint density at radius 1 is 1.50 bits per heavy atom. The Labute approximate surface area is 71.5 Å². The predicted octanol–water partition coefficient (Wildman–Crippen LogP) is 2.38. The maximum Gasteiger partial charge on any atom is 0.293 e. The quantitative estimate of drug-likeness (QED) is 0.383. The molecule has 10 heavy (non-hydrogen) atoms. The van der Waals surface area contributed by atoms with E-state index < -0.39 is 0 Å². The average Bonchev–Trinajstić information content (AvgIpc) is 1.91. The molecule has 0 saturated heterocycles. The van der Waals surface area contributed by atoms with Crippen LogP contribution in [0, 0.1) is 0 Å². The van der Waals surface area contributed by atoms with Crippen LogP contribution in [0.25, 0.3) is 0 Å². The van der Waals surface area contributed by atoms with E-state index in [1.807, 2.05) is 6.92 Å². The third kappa shape index (κ3) is 24.4. The summed E-state index contributed by atoms with van der Waals surface area (Å²) >= 11 is 9.53. The van der Waals surface area contributed by atoms with Gasteiger partial charge in [0.15, 0.2) is 0 Å². The van der Waals surface area contributed by atoms with Crippen LogP contribution >= 0.6 is 23.2 Å². The minimum absolute atomic E-state index is 0.194. The third-order valence-electron chi connectivity index (χ3n) is 0.684.